The van der Waals surface area contributed by atoms with Crippen molar-refractivity contribution in [3.63, 3.8) is 0 Å². The van der Waals surface area contributed by atoms with Gasteiger partial charge in [-0.15, -0.1) is 0 Å². The third-order valence-electron chi connectivity index (χ3n) is 7.41. The van der Waals surface area contributed by atoms with Crippen molar-refractivity contribution < 1.29 is 15.0 Å². The van der Waals surface area contributed by atoms with Gasteiger partial charge >= 0.3 is 0 Å². The quantitative estimate of drug-likeness (QED) is 0.518. The number of benzene rings is 1. The van der Waals surface area contributed by atoms with E-state index in [9.17, 15) is 15.0 Å². The van der Waals surface area contributed by atoms with Crippen LogP contribution >= 0.6 is 0 Å². The lowest BCUT2D eigenvalue weighted by Gasteiger charge is -2.46. The number of phenols is 1. The Balaban J connectivity index is 1.42. The zero-order valence-corrected chi connectivity index (χ0v) is 20.3. The molecule has 1 aromatic heterocycles. The molecule has 0 aliphatic carbocycles. The van der Waals surface area contributed by atoms with Gasteiger partial charge in [0, 0.05) is 57.5 Å². The Bertz CT molecular complexity index is 973. The first-order valence-electron chi connectivity index (χ1n) is 12.4. The average Bonchev–Trinajstić information content (AvgIpc) is 3.01. The van der Waals surface area contributed by atoms with Gasteiger partial charge in [-0.1, -0.05) is 19.1 Å². The molecule has 1 spiro atoms. The number of aromatic nitrogens is 1. The molecule has 2 fully saturated rings. The van der Waals surface area contributed by atoms with E-state index < -0.39 is 0 Å². The van der Waals surface area contributed by atoms with Gasteiger partial charge in [0.1, 0.15) is 5.75 Å². The number of nitrogens with one attached hydrogen (secondary N) is 2. The minimum Gasteiger partial charge on any atom is -0.508 e. The van der Waals surface area contributed by atoms with Crippen LogP contribution < -0.4 is 15.5 Å². The standard InChI is InChI=1S/C26H37N5O3/c1-3-21-18-31(24-23(33)15-20(16-28-24)25(34)27-4-2)14-11-29-26(21)9-12-30(13-10-26)17-19-5-7-22(32)8-6-19/h5-8,15-16,21,29,32-33H,3-4,9-14,17-18H2,1-2H3,(H,27,34). The summed E-state index contributed by atoms with van der Waals surface area (Å²) >= 11 is 0. The van der Waals surface area contributed by atoms with Gasteiger partial charge in [0.25, 0.3) is 5.91 Å². The van der Waals surface area contributed by atoms with Crippen LogP contribution in [0.5, 0.6) is 11.5 Å². The Hall–Kier alpha value is -2.84. The van der Waals surface area contributed by atoms with E-state index in [0.717, 1.165) is 58.5 Å². The van der Waals surface area contributed by atoms with Gasteiger partial charge in [-0.3, -0.25) is 9.69 Å². The maximum atomic E-state index is 12.1. The molecule has 4 rings (SSSR count). The van der Waals surface area contributed by atoms with Crippen molar-refractivity contribution in [2.45, 2.75) is 45.2 Å². The summed E-state index contributed by atoms with van der Waals surface area (Å²) in [7, 11) is 0. The fourth-order valence-corrected chi connectivity index (χ4v) is 5.46. The number of pyridine rings is 1. The second kappa shape index (κ2) is 10.6. The zero-order chi connectivity index (χ0) is 24.1. The molecule has 2 aliphatic rings. The van der Waals surface area contributed by atoms with E-state index in [-0.39, 0.29) is 17.2 Å². The highest BCUT2D eigenvalue weighted by Crippen LogP contribution is 2.37. The molecule has 0 saturated carbocycles. The fraction of sp³-hybridized carbons (Fsp3) is 0.538. The van der Waals surface area contributed by atoms with E-state index in [1.165, 1.54) is 11.6 Å². The van der Waals surface area contributed by atoms with Crippen LogP contribution in [-0.4, -0.2) is 70.8 Å². The minimum absolute atomic E-state index is 0.0540. The molecule has 3 heterocycles. The Morgan fingerprint density at radius 1 is 1.18 bits per heavy atom. The number of rotatable bonds is 6. The molecule has 2 aromatic rings. The molecule has 184 valence electrons. The number of piperidine rings is 1. The molecular formula is C26H37N5O3. The van der Waals surface area contributed by atoms with Crippen molar-refractivity contribution in [3.8, 4) is 11.5 Å². The van der Waals surface area contributed by atoms with Crippen LogP contribution in [0.25, 0.3) is 0 Å². The number of aromatic hydroxyl groups is 2. The molecule has 0 radical (unpaired) electrons. The molecule has 1 aromatic carbocycles. The summed E-state index contributed by atoms with van der Waals surface area (Å²) < 4.78 is 0. The van der Waals surface area contributed by atoms with E-state index in [2.05, 4.69) is 32.3 Å². The van der Waals surface area contributed by atoms with Crippen molar-refractivity contribution in [2.75, 3.05) is 44.2 Å². The first-order valence-corrected chi connectivity index (χ1v) is 12.4. The number of amides is 1. The monoisotopic (exact) mass is 467 g/mol. The molecule has 0 bridgehead atoms. The van der Waals surface area contributed by atoms with Gasteiger partial charge < -0.3 is 25.7 Å². The van der Waals surface area contributed by atoms with Crippen molar-refractivity contribution in [2.24, 2.45) is 5.92 Å². The summed E-state index contributed by atoms with van der Waals surface area (Å²) in [6.07, 6.45) is 4.75. The molecule has 8 nitrogen and oxygen atoms in total. The van der Waals surface area contributed by atoms with Gasteiger partial charge in [-0.05, 0) is 55.9 Å². The Morgan fingerprint density at radius 3 is 2.56 bits per heavy atom. The van der Waals surface area contributed by atoms with E-state index >= 15 is 0 Å². The molecule has 4 N–H and O–H groups in total. The van der Waals surface area contributed by atoms with E-state index in [1.807, 2.05) is 19.1 Å². The fourth-order valence-electron chi connectivity index (χ4n) is 5.46. The number of anilines is 1. The summed E-state index contributed by atoms with van der Waals surface area (Å²) in [6.45, 7) is 9.99. The molecule has 1 atom stereocenters. The third-order valence-corrected chi connectivity index (χ3v) is 7.41. The van der Waals surface area contributed by atoms with Crippen LogP contribution in [0.4, 0.5) is 5.82 Å². The Morgan fingerprint density at radius 2 is 1.91 bits per heavy atom. The number of carbonyl (C=O) groups excluding carboxylic acids is 1. The van der Waals surface area contributed by atoms with E-state index in [4.69, 9.17) is 0 Å². The predicted octanol–water partition coefficient (Wildman–Crippen LogP) is 2.71. The van der Waals surface area contributed by atoms with Crippen molar-refractivity contribution in [1.29, 1.82) is 0 Å². The first kappa shape index (κ1) is 24.3. The van der Waals surface area contributed by atoms with Crippen LogP contribution in [0.15, 0.2) is 36.5 Å². The molecule has 2 aliphatic heterocycles. The normalized spacial score (nSPS) is 20.8. The zero-order valence-electron chi connectivity index (χ0n) is 20.3. The second-order valence-corrected chi connectivity index (χ2v) is 9.50. The lowest BCUT2D eigenvalue weighted by Crippen LogP contribution is -2.57. The maximum absolute atomic E-state index is 12.1. The topological polar surface area (TPSA) is 101 Å². The lowest BCUT2D eigenvalue weighted by molar-refractivity contribution is 0.0897. The van der Waals surface area contributed by atoms with Crippen molar-refractivity contribution in [3.05, 3.63) is 47.7 Å². The summed E-state index contributed by atoms with van der Waals surface area (Å²) in [5.74, 6) is 1.11. The van der Waals surface area contributed by atoms with Crippen LogP contribution in [0, 0.1) is 5.92 Å². The Labute approximate surface area is 202 Å². The SMILES string of the molecule is CCNC(=O)c1cnc(N2CCNC3(CCN(Cc4ccc(O)cc4)CC3)C(CC)C2)c(O)c1. The molecule has 1 amide bonds. The summed E-state index contributed by atoms with van der Waals surface area (Å²) in [5.41, 5.74) is 1.67. The molecule has 2 saturated heterocycles. The maximum Gasteiger partial charge on any atom is 0.252 e. The molecule has 34 heavy (non-hydrogen) atoms. The van der Waals surface area contributed by atoms with Crippen LogP contribution in [0.2, 0.25) is 0 Å². The van der Waals surface area contributed by atoms with Crippen molar-refractivity contribution in [1.82, 2.24) is 20.5 Å². The summed E-state index contributed by atoms with van der Waals surface area (Å²) in [6, 6.07) is 9.01. The van der Waals surface area contributed by atoms with Crippen LogP contribution in [0.3, 0.4) is 0 Å². The average molecular weight is 468 g/mol. The number of phenolic OH excluding ortho intramolecular Hbond substituents is 1. The summed E-state index contributed by atoms with van der Waals surface area (Å²) in [5, 5.41) is 26.8. The molecular weight excluding hydrogens is 430 g/mol. The highest BCUT2D eigenvalue weighted by Gasteiger charge is 2.42. The highest BCUT2D eigenvalue weighted by molar-refractivity contribution is 5.94. The van der Waals surface area contributed by atoms with Gasteiger partial charge in [0.2, 0.25) is 0 Å². The molecule has 8 heteroatoms. The summed E-state index contributed by atoms with van der Waals surface area (Å²) in [4.78, 5) is 21.2. The number of likely N-dealkylation sites (tertiary alicyclic amines) is 1. The number of hydrogen-bond acceptors (Lipinski definition) is 7. The first-order chi connectivity index (χ1) is 16.4. The number of carbonyl (C=O) groups is 1. The van der Waals surface area contributed by atoms with Gasteiger partial charge in [0.15, 0.2) is 11.6 Å². The van der Waals surface area contributed by atoms with E-state index in [0.29, 0.717) is 29.6 Å². The highest BCUT2D eigenvalue weighted by atomic mass is 16.3. The predicted molar refractivity (Wildman–Crippen MR) is 133 cm³/mol. The van der Waals surface area contributed by atoms with Crippen molar-refractivity contribution >= 4 is 11.7 Å². The van der Waals surface area contributed by atoms with Gasteiger partial charge in [-0.25, -0.2) is 4.98 Å². The smallest absolute Gasteiger partial charge is 0.252 e. The Kier molecular flexibility index (Phi) is 7.58. The van der Waals surface area contributed by atoms with Gasteiger partial charge in [-0.2, -0.15) is 0 Å². The second-order valence-electron chi connectivity index (χ2n) is 9.50. The number of nitrogens with zero attached hydrogens (tertiary/aromatic N) is 3. The third kappa shape index (κ3) is 5.28. The minimum atomic E-state index is -0.223. The largest absolute Gasteiger partial charge is 0.508 e. The van der Waals surface area contributed by atoms with E-state index in [1.54, 1.807) is 18.3 Å². The number of hydrogen-bond donors (Lipinski definition) is 4. The molecule has 1 unspecified atom stereocenters. The lowest BCUT2D eigenvalue weighted by atomic mass is 9.74. The van der Waals surface area contributed by atoms with Crippen LogP contribution in [0.1, 0.15) is 49.0 Å². The van der Waals surface area contributed by atoms with Gasteiger partial charge in [0.05, 0.1) is 5.56 Å². The van der Waals surface area contributed by atoms with Crippen LogP contribution in [-0.2, 0) is 6.54 Å².